The van der Waals surface area contributed by atoms with Crippen molar-refractivity contribution in [2.75, 3.05) is 19.6 Å². The first-order valence-electron chi connectivity index (χ1n) is 7.17. The van der Waals surface area contributed by atoms with Gasteiger partial charge in [-0.3, -0.25) is 4.79 Å². The molecule has 1 N–H and O–H groups in total. The van der Waals surface area contributed by atoms with Gasteiger partial charge < -0.3 is 10.2 Å². The first-order chi connectivity index (χ1) is 9.70. The third-order valence-electron chi connectivity index (χ3n) is 4.26. The number of carbonyl (C=O) groups is 1. The first-order valence-corrected chi connectivity index (χ1v) is 7.55. The van der Waals surface area contributed by atoms with E-state index in [9.17, 15) is 4.79 Å². The summed E-state index contributed by atoms with van der Waals surface area (Å²) in [7, 11) is 0. The Morgan fingerprint density at radius 1 is 1.35 bits per heavy atom. The maximum absolute atomic E-state index is 12.0. The molecular formula is C16H19ClN2O. The van der Waals surface area contributed by atoms with Gasteiger partial charge in [-0.15, -0.1) is 0 Å². The quantitative estimate of drug-likeness (QED) is 0.868. The van der Waals surface area contributed by atoms with Gasteiger partial charge in [0, 0.05) is 23.7 Å². The van der Waals surface area contributed by atoms with Gasteiger partial charge in [0.15, 0.2) is 0 Å². The van der Waals surface area contributed by atoms with Crippen molar-refractivity contribution in [3.63, 3.8) is 0 Å². The third-order valence-corrected chi connectivity index (χ3v) is 4.49. The van der Waals surface area contributed by atoms with E-state index in [1.165, 1.54) is 25.9 Å². The molecule has 3 aliphatic heterocycles. The Bertz CT molecular complexity index is 521. The van der Waals surface area contributed by atoms with Crippen LogP contribution in [0.15, 0.2) is 30.3 Å². The molecule has 2 bridgehead atoms. The highest BCUT2D eigenvalue weighted by Gasteiger charge is 2.34. The van der Waals surface area contributed by atoms with Crippen molar-refractivity contribution in [1.29, 1.82) is 0 Å². The maximum Gasteiger partial charge on any atom is 0.244 e. The predicted octanol–water partition coefficient (Wildman–Crippen LogP) is 2.56. The summed E-state index contributed by atoms with van der Waals surface area (Å²) < 4.78 is 0. The van der Waals surface area contributed by atoms with Gasteiger partial charge in [0.25, 0.3) is 0 Å². The molecule has 1 unspecified atom stereocenters. The molecule has 0 aliphatic carbocycles. The summed E-state index contributed by atoms with van der Waals surface area (Å²) in [4.78, 5) is 14.4. The molecule has 3 aliphatic rings. The van der Waals surface area contributed by atoms with Gasteiger partial charge in [-0.25, -0.2) is 0 Å². The number of benzene rings is 1. The fourth-order valence-corrected chi connectivity index (χ4v) is 3.34. The number of nitrogens with zero attached hydrogens (tertiary/aromatic N) is 1. The van der Waals surface area contributed by atoms with Crippen LogP contribution >= 0.6 is 11.6 Å². The zero-order valence-corrected chi connectivity index (χ0v) is 12.1. The van der Waals surface area contributed by atoms with Crippen LogP contribution in [0, 0.1) is 5.92 Å². The van der Waals surface area contributed by atoms with E-state index >= 15 is 0 Å². The Kier molecular flexibility index (Phi) is 4.08. The van der Waals surface area contributed by atoms with Crippen molar-refractivity contribution in [2.45, 2.75) is 18.9 Å². The van der Waals surface area contributed by atoms with Crippen molar-refractivity contribution < 1.29 is 4.79 Å². The van der Waals surface area contributed by atoms with E-state index in [2.05, 4.69) is 10.2 Å². The average molecular weight is 291 g/mol. The molecule has 1 aromatic rings. The van der Waals surface area contributed by atoms with Gasteiger partial charge in [0.2, 0.25) is 5.91 Å². The van der Waals surface area contributed by atoms with Crippen molar-refractivity contribution in [1.82, 2.24) is 10.2 Å². The van der Waals surface area contributed by atoms with E-state index in [1.807, 2.05) is 30.3 Å². The highest BCUT2D eigenvalue weighted by Crippen LogP contribution is 2.27. The standard InChI is InChI=1S/C16H19ClN2O/c17-14-3-1-2-12(10-14)4-5-16(20)18-15-11-19-8-6-13(15)7-9-19/h1-5,10,13,15H,6-9,11H2,(H,18,20). The van der Waals surface area contributed by atoms with Crippen LogP contribution in [-0.4, -0.2) is 36.5 Å². The second-order valence-corrected chi connectivity index (χ2v) is 6.08. The Balaban J connectivity index is 1.57. The summed E-state index contributed by atoms with van der Waals surface area (Å²) in [6, 6.07) is 7.80. The minimum Gasteiger partial charge on any atom is -0.348 e. The zero-order valence-electron chi connectivity index (χ0n) is 11.4. The Hall–Kier alpha value is -1.32. The Morgan fingerprint density at radius 2 is 2.15 bits per heavy atom. The number of nitrogens with one attached hydrogen (secondary N) is 1. The number of hydrogen-bond acceptors (Lipinski definition) is 2. The lowest BCUT2D eigenvalue weighted by Crippen LogP contribution is -2.57. The minimum absolute atomic E-state index is 0.0104. The number of halogens is 1. The second kappa shape index (κ2) is 5.98. The number of carbonyl (C=O) groups excluding carboxylic acids is 1. The zero-order chi connectivity index (χ0) is 13.9. The lowest BCUT2D eigenvalue weighted by molar-refractivity contribution is -0.118. The summed E-state index contributed by atoms with van der Waals surface area (Å²) in [6.07, 6.45) is 5.83. The number of hydrogen-bond donors (Lipinski definition) is 1. The summed E-state index contributed by atoms with van der Waals surface area (Å²) in [5.41, 5.74) is 0.946. The van der Waals surface area contributed by atoms with Gasteiger partial charge in [-0.05, 0) is 55.6 Å². The molecule has 0 spiro atoms. The van der Waals surface area contributed by atoms with Gasteiger partial charge in [0.1, 0.15) is 0 Å². The monoisotopic (exact) mass is 290 g/mol. The summed E-state index contributed by atoms with van der Waals surface area (Å²) in [5.74, 6) is 0.646. The Labute approximate surface area is 124 Å². The highest BCUT2D eigenvalue weighted by atomic mass is 35.5. The van der Waals surface area contributed by atoms with Crippen LogP contribution in [0.25, 0.3) is 6.08 Å². The fourth-order valence-electron chi connectivity index (χ4n) is 3.14. The van der Waals surface area contributed by atoms with Crippen molar-refractivity contribution in [3.8, 4) is 0 Å². The number of fused-ring (bicyclic) bond motifs is 3. The van der Waals surface area contributed by atoms with E-state index in [1.54, 1.807) is 6.08 Å². The van der Waals surface area contributed by atoms with E-state index in [0.29, 0.717) is 17.0 Å². The van der Waals surface area contributed by atoms with Crippen LogP contribution in [-0.2, 0) is 4.79 Å². The molecule has 4 rings (SSSR count). The van der Waals surface area contributed by atoms with Gasteiger partial charge in [-0.2, -0.15) is 0 Å². The van der Waals surface area contributed by atoms with E-state index in [0.717, 1.165) is 12.1 Å². The summed E-state index contributed by atoms with van der Waals surface area (Å²) in [6.45, 7) is 3.38. The van der Waals surface area contributed by atoms with Gasteiger partial charge in [-0.1, -0.05) is 23.7 Å². The third kappa shape index (κ3) is 3.22. The summed E-state index contributed by atoms with van der Waals surface area (Å²) in [5, 5.41) is 3.82. The van der Waals surface area contributed by atoms with Crippen LogP contribution in [0.5, 0.6) is 0 Å². The van der Waals surface area contributed by atoms with E-state index < -0.39 is 0 Å². The van der Waals surface area contributed by atoms with Crippen LogP contribution < -0.4 is 5.32 Å². The van der Waals surface area contributed by atoms with Gasteiger partial charge in [0.05, 0.1) is 0 Å². The molecular weight excluding hydrogens is 272 g/mol. The largest absolute Gasteiger partial charge is 0.348 e. The lowest BCUT2D eigenvalue weighted by atomic mass is 9.84. The van der Waals surface area contributed by atoms with Crippen LogP contribution in [0.3, 0.4) is 0 Å². The molecule has 1 aromatic carbocycles. The fraction of sp³-hybridized carbons (Fsp3) is 0.438. The molecule has 0 aromatic heterocycles. The molecule has 1 amide bonds. The van der Waals surface area contributed by atoms with E-state index in [4.69, 9.17) is 11.6 Å². The second-order valence-electron chi connectivity index (χ2n) is 5.64. The predicted molar refractivity (Wildman–Crippen MR) is 81.6 cm³/mol. The maximum atomic E-state index is 12.0. The molecule has 106 valence electrons. The van der Waals surface area contributed by atoms with Crippen molar-refractivity contribution in [2.24, 2.45) is 5.92 Å². The topological polar surface area (TPSA) is 32.3 Å². The molecule has 3 saturated heterocycles. The minimum atomic E-state index is -0.0104. The summed E-state index contributed by atoms with van der Waals surface area (Å²) >= 11 is 5.92. The van der Waals surface area contributed by atoms with E-state index in [-0.39, 0.29) is 5.91 Å². The SMILES string of the molecule is O=C(C=Cc1cccc(Cl)c1)NC1CN2CCC1CC2. The average Bonchev–Trinajstić information content (AvgIpc) is 2.46. The Morgan fingerprint density at radius 3 is 2.80 bits per heavy atom. The highest BCUT2D eigenvalue weighted by molar-refractivity contribution is 6.30. The van der Waals surface area contributed by atoms with Gasteiger partial charge >= 0.3 is 0 Å². The molecule has 3 heterocycles. The molecule has 3 nitrogen and oxygen atoms in total. The van der Waals surface area contributed by atoms with Crippen LogP contribution in [0.1, 0.15) is 18.4 Å². The number of piperidine rings is 3. The van der Waals surface area contributed by atoms with Crippen LogP contribution in [0.2, 0.25) is 5.02 Å². The molecule has 4 heteroatoms. The lowest BCUT2D eigenvalue weighted by Gasteiger charge is -2.44. The molecule has 20 heavy (non-hydrogen) atoms. The van der Waals surface area contributed by atoms with Crippen molar-refractivity contribution >= 4 is 23.6 Å². The molecule has 0 radical (unpaired) electrons. The first kappa shape index (κ1) is 13.7. The van der Waals surface area contributed by atoms with Crippen LogP contribution in [0.4, 0.5) is 0 Å². The van der Waals surface area contributed by atoms with Crippen molar-refractivity contribution in [3.05, 3.63) is 40.9 Å². The normalized spacial score (nSPS) is 28.8. The molecule has 3 fully saturated rings. The number of amides is 1. The number of rotatable bonds is 3. The molecule has 1 atom stereocenters. The molecule has 0 saturated carbocycles. The smallest absolute Gasteiger partial charge is 0.244 e.